The molecule has 1 aromatic rings. The van der Waals surface area contributed by atoms with E-state index in [1.807, 2.05) is 6.07 Å². The number of hydrogen-bond donors (Lipinski definition) is 1. The summed E-state index contributed by atoms with van der Waals surface area (Å²) in [5.41, 5.74) is 0.648. The van der Waals surface area contributed by atoms with Crippen LogP contribution in [0.1, 0.15) is 12.5 Å². The van der Waals surface area contributed by atoms with Crippen molar-refractivity contribution in [3.63, 3.8) is 0 Å². The topological polar surface area (TPSA) is 58.9 Å². The van der Waals surface area contributed by atoms with Gasteiger partial charge in [-0.05, 0) is 25.1 Å². The third kappa shape index (κ3) is 5.05. The van der Waals surface area contributed by atoms with E-state index in [2.05, 4.69) is 17.0 Å². The van der Waals surface area contributed by atoms with Crippen molar-refractivity contribution in [3.8, 4) is 11.8 Å². The molecule has 88 valence electrons. The highest BCUT2D eigenvalue weighted by atomic mass is 35.5. The first-order valence-corrected chi connectivity index (χ1v) is 5.11. The molecule has 0 amide bonds. The maximum absolute atomic E-state index is 10.4. The number of carboxylic acids is 1. The highest BCUT2D eigenvalue weighted by molar-refractivity contribution is 6.34. The van der Waals surface area contributed by atoms with Gasteiger partial charge >= 0.3 is 5.97 Å². The zero-order chi connectivity index (χ0) is 12.7. The molecule has 0 aliphatic heterocycles. The smallest absolute Gasteiger partial charge is 0.353 e. The molecule has 0 atom stereocenters. The van der Waals surface area contributed by atoms with E-state index in [9.17, 15) is 4.79 Å². The van der Waals surface area contributed by atoms with Crippen LogP contribution in [0, 0.1) is 11.8 Å². The van der Waals surface area contributed by atoms with Crippen LogP contribution in [0.25, 0.3) is 0 Å². The van der Waals surface area contributed by atoms with Crippen LogP contribution < -0.4 is 0 Å². The van der Waals surface area contributed by atoms with Gasteiger partial charge in [0.2, 0.25) is 0 Å². The lowest BCUT2D eigenvalue weighted by atomic mass is 10.2. The van der Waals surface area contributed by atoms with E-state index in [0.29, 0.717) is 5.02 Å². The maximum atomic E-state index is 10.4. The second kappa shape index (κ2) is 6.56. The molecule has 1 rings (SSSR count). The molecule has 0 aliphatic rings. The summed E-state index contributed by atoms with van der Waals surface area (Å²) in [5.74, 6) is 4.39. The fraction of sp³-hybridized carbons (Fsp3) is 0.167. The number of oxime groups is 1. The van der Waals surface area contributed by atoms with Gasteiger partial charge in [0.25, 0.3) is 0 Å². The largest absolute Gasteiger partial charge is 0.477 e. The highest BCUT2D eigenvalue weighted by Gasteiger charge is 2.00. The molecule has 0 saturated carbocycles. The van der Waals surface area contributed by atoms with Gasteiger partial charge in [-0.25, -0.2) is 4.79 Å². The molecule has 0 radical (unpaired) electrons. The quantitative estimate of drug-likeness (QED) is 0.388. The average Bonchev–Trinajstić information content (AvgIpc) is 2.28. The van der Waals surface area contributed by atoms with Crippen molar-refractivity contribution in [2.45, 2.75) is 6.92 Å². The summed E-state index contributed by atoms with van der Waals surface area (Å²) < 4.78 is 0. The zero-order valence-electron chi connectivity index (χ0n) is 9.11. The highest BCUT2D eigenvalue weighted by Crippen LogP contribution is 2.09. The summed E-state index contributed by atoms with van der Waals surface area (Å²) in [6, 6.07) is 7.08. The number of nitrogens with zero attached hydrogens (tertiary/aromatic N) is 1. The van der Waals surface area contributed by atoms with Crippen molar-refractivity contribution in [2.24, 2.45) is 5.16 Å². The predicted molar refractivity (Wildman–Crippen MR) is 65.0 cm³/mol. The summed E-state index contributed by atoms with van der Waals surface area (Å²) in [6.45, 7) is 1.36. The number of hydrogen-bond acceptors (Lipinski definition) is 3. The number of benzene rings is 1. The Morgan fingerprint density at radius 2 is 2.35 bits per heavy atom. The number of aliphatic carboxylic acids is 1. The normalized spacial score (nSPS) is 10.4. The van der Waals surface area contributed by atoms with E-state index in [4.69, 9.17) is 21.5 Å². The first-order valence-electron chi connectivity index (χ1n) is 4.74. The van der Waals surface area contributed by atoms with E-state index < -0.39 is 5.97 Å². The van der Waals surface area contributed by atoms with Crippen molar-refractivity contribution < 1.29 is 14.7 Å². The Labute approximate surface area is 104 Å². The Morgan fingerprint density at radius 1 is 1.59 bits per heavy atom. The Bertz CT molecular complexity index is 500. The Hall–Kier alpha value is -1.99. The average molecular weight is 252 g/mol. The van der Waals surface area contributed by atoms with E-state index in [1.165, 1.54) is 6.92 Å². The Balaban J connectivity index is 2.47. The van der Waals surface area contributed by atoms with Crippen molar-refractivity contribution in [2.75, 3.05) is 6.61 Å². The van der Waals surface area contributed by atoms with Crippen LogP contribution in [0.4, 0.5) is 0 Å². The first kappa shape index (κ1) is 13.1. The van der Waals surface area contributed by atoms with Crippen LogP contribution in [-0.4, -0.2) is 23.4 Å². The summed E-state index contributed by atoms with van der Waals surface area (Å²) in [7, 11) is 0. The van der Waals surface area contributed by atoms with Crippen molar-refractivity contribution >= 4 is 23.3 Å². The molecule has 17 heavy (non-hydrogen) atoms. The van der Waals surface area contributed by atoms with Crippen LogP contribution in [0.15, 0.2) is 29.4 Å². The van der Waals surface area contributed by atoms with Gasteiger partial charge in [-0.2, -0.15) is 0 Å². The molecule has 0 fully saturated rings. The van der Waals surface area contributed by atoms with Gasteiger partial charge < -0.3 is 9.94 Å². The third-order valence-corrected chi connectivity index (χ3v) is 1.94. The second-order valence-electron chi connectivity index (χ2n) is 3.07. The molecule has 4 nitrogen and oxygen atoms in total. The minimum atomic E-state index is -1.12. The lowest BCUT2D eigenvalue weighted by molar-refractivity contribution is -0.129. The number of carboxylic acid groups (broad SMARTS) is 1. The fourth-order valence-corrected chi connectivity index (χ4v) is 1.10. The standard InChI is InChI=1S/C12H10ClNO3/c1-9(12(15)16)14-17-7-3-5-10-4-2-6-11(13)8-10/h2,4,6,8H,7H2,1H3,(H,15,16). The van der Waals surface area contributed by atoms with Crippen LogP contribution >= 0.6 is 11.6 Å². The number of rotatable bonds is 3. The fourth-order valence-electron chi connectivity index (χ4n) is 0.905. The van der Waals surface area contributed by atoms with Crippen LogP contribution in [0.5, 0.6) is 0 Å². The molecule has 5 heteroatoms. The van der Waals surface area contributed by atoms with Crippen LogP contribution in [0.3, 0.4) is 0 Å². The SMILES string of the molecule is CC(=NOCC#Cc1cccc(Cl)c1)C(=O)O. The number of halogens is 1. The predicted octanol–water partition coefficient (Wildman–Crippen LogP) is 2.17. The summed E-state index contributed by atoms with van der Waals surface area (Å²) in [4.78, 5) is 15.1. The van der Waals surface area contributed by atoms with Gasteiger partial charge in [-0.15, -0.1) is 0 Å². The molecule has 0 saturated heterocycles. The molecule has 1 aromatic carbocycles. The van der Waals surface area contributed by atoms with Gasteiger partial charge in [0.1, 0.15) is 0 Å². The molecule has 0 bridgehead atoms. The lowest BCUT2D eigenvalue weighted by Crippen LogP contribution is -2.08. The summed E-state index contributed by atoms with van der Waals surface area (Å²) in [6.07, 6.45) is 0. The van der Waals surface area contributed by atoms with Gasteiger partial charge in [0.05, 0.1) is 0 Å². The van der Waals surface area contributed by atoms with E-state index >= 15 is 0 Å². The van der Waals surface area contributed by atoms with Gasteiger partial charge in [0, 0.05) is 10.6 Å². The molecule has 0 unspecified atom stereocenters. The van der Waals surface area contributed by atoms with E-state index in [-0.39, 0.29) is 12.3 Å². The summed E-state index contributed by atoms with van der Waals surface area (Å²) >= 11 is 5.78. The molecule has 0 heterocycles. The molecule has 1 N–H and O–H groups in total. The van der Waals surface area contributed by atoms with Gasteiger partial charge in [-0.3, -0.25) is 0 Å². The van der Waals surface area contributed by atoms with Crippen LogP contribution in [-0.2, 0) is 9.63 Å². The molecule has 0 aliphatic carbocycles. The Kier molecular flexibility index (Phi) is 5.05. The molecular weight excluding hydrogens is 242 g/mol. The third-order valence-electron chi connectivity index (χ3n) is 1.71. The van der Waals surface area contributed by atoms with E-state index in [1.54, 1.807) is 18.2 Å². The second-order valence-corrected chi connectivity index (χ2v) is 3.50. The van der Waals surface area contributed by atoms with Crippen molar-refractivity contribution in [1.82, 2.24) is 0 Å². The van der Waals surface area contributed by atoms with Crippen molar-refractivity contribution in [1.29, 1.82) is 0 Å². The van der Waals surface area contributed by atoms with E-state index in [0.717, 1.165) is 5.56 Å². The number of carbonyl (C=O) groups is 1. The summed E-state index contributed by atoms with van der Waals surface area (Å²) in [5, 5.41) is 12.5. The van der Waals surface area contributed by atoms with Gasteiger partial charge in [-0.1, -0.05) is 34.7 Å². The first-order chi connectivity index (χ1) is 8.09. The molecule has 0 spiro atoms. The lowest BCUT2D eigenvalue weighted by Gasteiger charge is -1.93. The van der Waals surface area contributed by atoms with Crippen LogP contribution in [0.2, 0.25) is 5.02 Å². The zero-order valence-corrected chi connectivity index (χ0v) is 9.86. The molecule has 0 aromatic heterocycles. The van der Waals surface area contributed by atoms with Gasteiger partial charge in [0.15, 0.2) is 12.3 Å². The minimum absolute atomic E-state index is 0.0249. The Morgan fingerprint density at radius 3 is 3.00 bits per heavy atom. The maximum Gasteiger partial charge on any atom is 0.353 e. The molecular formula is C12H10ClNO3. The monoisotopic (exact) mass is 251 g/mol. The van der Waals surface area contributed by atoms with Crippen molar-refractivity contribution in [3.05, 3.63) is 34.9 Å². The minimum Gasteiger partial charge on any atom is -0.477 e.